The average molecular weight is 311 g/mol. The standard InChI is InChI=1S/C12H15BrN4O/c1-14-10(12-15-7-16-17-12)6-8-3-4-11(18-2)9(13)5-8/h3-5,7,10,14H,6H2,1-2H3,(H,15,16,17). The molecule has 1 heterocycles. The van der Waals surface area contributed by atoms with Crippen LogP contribution in [-0.2, 0) is 6.42 Å². The molecule has 18 heavy (non-hydrogen) atoms. The minimum absolute atomic E-state index is 0.118. The number of benzene rings is 1. The van der Waals surface area contributed by atoms with Crippen LogP contribution < -0.4 is 10.1 Å². The lowest BCUT2D eigenvalue weighted by Gasteiger charge is -2.14. The van der Waals surface area contributed by atoms with Gasteiger partial charge in [0, 0.05) is 0 Å². The minimum Gasteiger partial charge on any atom is -0.496 e. The fourth-order valence-electron chi connectivity index (χ4n) is 1.79. The average Bonchev–Trinajstić information content (AvgIpc) is 2.90. The largest absolute Gasteiger partial charge is 0.496 e. The molecule has 0 aliphatic carbocycles. The molecule has 1 atom stereocenters. The van der Waals surface area contributed by atoms with Crippen molar-refractivity contribution in [3.8, 4) is 5.75 Å². The molecule has 0 aliphatic heterocycles. The van der Waals surface area contributed by atoms with Crippen LogP contribution in [0.3, 0.4) is 0 Å². The number of nitrogens with zero attached hydrogens (tertiary/aromatic N) is 2. The Bertz CT molecular complexity index is 501. The Morgan fingerprint density at radius 1 is 1.50 bits per heavy atom. The Hall–Kier alpha value is -1.40. The van der Waals surface area contributed by atoms with Crippen LogP contribution in [0.15, 0.2) is 29.0 Å². The Morgan fingerprint density at radius 3 is 2.89 bits per heavy atom. The number of hydrogen-bond acceptors (Lipinski definition) is 4. The number of aromatic nitrogens is 3. The molecular formula is C12H15BrN4O. The number of rotatable bonds is 5. The summed E-state index contributed by atoms with van der Waals surface area (Å²) in [6, 6.07) is 6.17. The predicted molar refractivity (Wildman–Crippen MR) is 72.6 cm³/mol. The molecule has 0 radical (unpaired) electrons. The van der Waals surface area contributed by atoms with Crippen LogP contribution in [0, 0.1) is 0 Å². The number of aromatic amines is 1. The van der Waals surface area contributed by atoms with Gasteiger partial charge in [0.05, 0.1) is 17.6 Å². The maximum Gasteiger partial charge on any atom is 0.141 e. The van der Waals surface area contributed by atoms with Crippen molar-refractivity contribution in [1.29, 1.82) is 0 Å². The third-order valence-electron chi connectivity index (χ3n) is 2.77. The highest BCUT2D eigenvalue weighted by molar-refractivity contribution is 9.10. The number of halogens is 1. The van der Waals surface area contributed by atoms with Crippen molar-refractivity contribution in [1.82, 2.24) is 20.5 Å². The van der Waals surface area contributed by atoms with Gasteiger partial charge in [0.15, 0.2) is 0 Å². The Balaban J connectivity index is 2.15. The number of hydrogen-bond donors (Lipinski definition) is 2. The third-order valence-corrected chi connectivity index (χ3v) is 3.39. The van der Waals surface area contributed by atoms with E-state index in [1.54, 1.807) is 7.11 Å². The Morgan fingerprint density at radius 2 is 2.33 bits per heavy atom. The van der Waals surface area contributed by atoms with Crippen molar-refractivity contribution >= 4 is 15.9 Å². The first-order valence-corrected chi connectivity index (χ1v) is 6.39. The van der Waals surface area contributed by atoms with E-state index in [1.165, 1.54) is 11.9 Å². The van der Waals surface area contributed by atoms with Gasteiger partial charge in [0.25, 0.3) is 0 Å². The van der Waals surface area contributed by atoms with Crippen LogP contribution >= 0.6 is 15.9 Å². The van der Waals surface area contributed by atoms with Crippen molar-refractivity contribution in [2.75, 3.05) is 14.2 Å². The highest BCUT2D eigenvalue weighted by Gasteiger charge is 2.13. The van der Waals surface area contributed by atoms with E-state index in [1.807, 2.05) is 19.2 Å². The van der Waals surface area contributed by atoms with Gasteiger partial charge in [-0.05, 0) is 47.1 Å². The van der Waals surface area contributed by atoms with Crippen molar-refractivity contribution in [2.24, 2.45) is 0 Å². The van der Waals surface area contributed by atoms with Gasteiger partial charge in [0.2, 0.25) is 0 Å². The van der Waals surface area contributed by atoms with E-state index in [0.29, 0.717) is 0 Å². The van der Waals surface area contributed by atoms with Crippen LogP contribution in [0.2, 0.25) is 0 Å². The van der Waals surface area contributed by atoms with Gasteiger partial charge < -0.3 is 10.1 Å². The van der Waals surface area contributed by atoms with E-state index in [-0.39, 0.29) is 6.04 Å². The number of methoxy groups -OCH3 is 1. The van der Waals surface area contributed by atoms with Crippen molar-refractivity contribution < 1.29 is 4.74 Å². The van der Waals surface area contributed by atoms with Gasteiger partial charge in [0.1, 0.15) is 17.9 Å². The molecule has 0 bridgehead atoms. The summed E-state index contributed by atoms with van der Waals surface area (Å²) in [5, 5.41) is 9.98. The molecule has 96 valence electrons. The molecule has 2 rings (SSSR count). The molecule has 0 saturated carbocycles. The molecule has 6 heteroatoms. The summed E-state index contributed by atoms with van der Waals surface area (Å²) in [5.41, 5.74) is 1.19. The van der Waals surface area contributed by atoms with Crippen LogP contribution in [0.5, 0.6) is 5.75 Å². The second kappa shape index (κ2) is 5.97. The first-order valence-electron chi connectivity index (χ1n) is 5.59. The molecule has 2 N–H and O–H groups in total. The van der Waals surface area contributed by atoms with E-state index in [4.69, 9.17) is 4.74 Å². The van der Waals surface area contributed by atoms with Crippen LogP contribution in [0.1, 0.15) is 17.4 Å². The summed E-state index contributed by atoms with van der Waals surface area (Å²) < 4.78 is 6.17. The molecule has 0 spiro atoms. The summed E-state index contributed by atoms with van der Waals surface area (Å²) in [7, 11) is 3.57. The minimum atomic E-state index is 0.118. The summed E-state index contributed by atoms with van der Waals surface area (Å²) in [6.45, 7) is 0. The quantitative estimate of drug-likeness (QED) is 0.887. The normalized spacial score (nSPS) is 12.4. The zero-order valence-electron chi connectivity index (χ0n) is 10.3. The third kappa shape index (κ3) is 2.88. The number of nitrogens with one attached hydrogen (secondary N) is 2. The molecule has 1 unspecified atom stereocenters. The number of likely N-dealkylation sites (N-methyl/N-ethyl adjacent to an activating group) is 1. The van der Waals surface area contributed by atoms with Crippen molar-refractivity contribution in [3.05, 3.63) is 40.4 Å². The van der Waals surface area contributed by atoms with Crippen LogP contribution in [0.25, 0.3) is 0 Å². The van der Waals surface area contributed by atoms with Gasteiger partial charge in [-0.1, -0.05) is 6.07 Å². The van der Waals surface area contributed by atoms with Crippen molar-refractivity contribution in [2.45, 2.75) is 12.5 Å². The second-order valence-corrected chi connectivity index (χ2v) is 4.74. The Kier molecular flexibility index (Phi) is 4.33. The van der Waals surface area contributed by atoms with E-state index < -0.39 is 0 Å². The maximum atomic E-state index is 5.21. The Labute approximate surface area is 114 Å². The van der Waals surface area contributed by atoms with Gasteiger partial charge in [-0.15, -0.1) is 0 Å². The first kappa shape index (κ1) is 13.0. The second-order valence-electron chi connectivity index (χ2n) is 3.88. The van der Waals surface area contributed by atoms with Crippen LogP contribution in [0.4, 0.5) is 0 Å². The number of ether oxygens (including phenoxy) is 1. The predicted octanol–water partition coefficient (Wildman–Crippen LogP) is 2.08. The van der Waals surface area contributed by atoms with Gasteiger partial charge in [-0.2, -0.15) is 5.10 Å². The molecule has 0 amide bonds. The highest BCUT2D eigenvalue weighted by atomic mass is 79.9. The molecule has 0 fully saturated rings. The monoisotopic (exact) mass is 310 g/mol. The molecule has 2 aromatic rings. The van der Waals surface area contributed by atoms with Gasteiger partial charge in [-0.25, -0.2) is 4.98 Å². The lowest BCUT2D eigenvalue weighted by atomic mass is 10.1. The highest BCUT2D eigenvalue weighted by Crippen LogP contribution is 2.27. The van der Waals surface area contributed by atoms with E-state index in [9.17, 15) is 0 Å². The van der Waals surface area contributed by atoms with Crippen LogP contribution in [-0.4, -0.2) is 29.3 Å². The fourth-order valence-corrected chi connectivity index (χ4v) is 2.38. The van der Waals surface area contributed by atoms with E-state index >= 15 is 0 Å². The zero-order valence-corrected chi connectivity index (χ0v) is 11.9. The molecular weight excluding hydrogens is 296 g/mol. The SMILES string of the molecule is CNC(Cc1ccc(OC)c(Br)c1)c1ncn[nH]1. The summed E-state index contributed by atoms with van der Waals surface area (Å²) in [5.74, 6) is 1.67. The summed E-state index contributed by atoms with van der Waals surface area (Å²) in [4.78, 5) is 4.17. The molecule has 0 aliphatic rings. The first-order chi connectivity index (χ1) is 8.74. The summed E-state index contributed by atoms with van der Waals surface area (Å²) >= 11 is 3.49. The fraction of sp³-hybridized carbons (Fsp3) is 0.333. The van der Waals surface area contributed by atoms with Crippen molar-refractivity contribution in [3.63, 3.8) is 0 Å². The summed E-state index contributed by atoms with van der Waals surface area (Å²) in [6.07, 6.45) is 2.35. The van der Waals surface area contributed by atoms with E-state index in [2.05, 4.69) is 42.5 Å². The smallest absolute Gasteiger partial charge is 0.141 e. The lowest BCUT2D eigenvalue weighted by molar-refractivity contribution is 0.412. The van der Waals surface area contributed by atoms with Gasteiger partial charge in [-0.3, -0.25) is 5.10 Å². The number of H-pyrrole nitrogens is 1. The van der Waals surface area contributed by atoms with E-state index in [0.717, 1.165) is 22.5 Å². The maximum absolute atomic E-state index is 5.21. The zero-order chi connectivity index (χ0) is 13.0. The molecule has 0 saturated heterocycles. The molecule has 1 aromatic carbocycles. The lowest BCUT2D eigenvalue weighted by Crippen LogP contribution is -2.20. The topological polar surface area (TPSA) is 62.8 Å². The molecule has 5 nitrogen and oxygen atoms in total. The van der Waals surface area contributed by atoms with Gasteiger partial charge >= 0.3 is 0 Å². The molecule has 1 aromatic heterocycles.